The summed E-state index contributed by atoms with van der Waals surface area (Å²) in [6, 6.07) is 10.2. The molecule has 2 aromatic carbocycles. The molecule has 4 nitrogen and oxygen atoms in total. The number of benzene rings is 2. The molecular formula is C21H24F2N2O2. The Bertz CT molecular complexity index is 782. The Morgan fingerprint density at radius 2 is 1.78 bits per heavy atom. The van der Waals surface area contributed by atoms with Crippen LogP contribution in [0.3, 0.4) is 0 Å². The number of piperidine rings is 1. The van der Waals surface area contributed by atoms with E-state index in [-0.39, 0.29) is 16.8 Å². The van der Waals surface area contributed by atoms with Crippen LogP contribution in [-0.2, 0) is 4.74 Å². The van der Waals surface area contributed by atoms with Crippen LogP contribution in [0.25, 0.3) is 11.1 Å². The van der Waals surface area contributed by atoms with Gasteiger partial charge < -0.3 is 15.4 Å². The van der Waals surface area contributed by atoms with E-state index in [1.807, 2.05) is 0 Å². The number of amides is 1. The first kappa shape index (κ1) is 19.5. The van der Waals surface area contributed by atoms with Crippen LogP contribution in [0.15, 0.2) is 42.5 Å². The van der Waals surface area contributed by atoms with Crippen molar-refractivity contribution in [3.05, 3.63) is 59.7 Å². The number of carbonyl (C=O) groups excluding carboxylic acids is 1. The number of hydrogen-bond acceptors (Lipinski definition) is 3. The lowest BCUT2D eigenvalue weighted by Crippen LogP contribution is -2.47. The number of halogens is 2. The Morgan fingerprint density at radius 3 is 2.41 bits per heavy atom. The van der Waals surface area contributed by atoms with Crippen LogP contribution in [0.4, 0.5) is 8.78 Å². The maximum atomic E-state index is 14.5. The van der Waals surface area contributed by atoms with Gasteiger partial charge in [-0.2, -0.15) is 0 Å². The summed E-state index contributed by atoms with van der Waals surface area (Å²) in [6.07, 6.45) is 1.79. The van der Waals surface area contributed by atoms with Gasteiger partial charge in [-0.05, 0) is 61.3 Å². The zero-order valence-electron chi connectivity index (χ0n) is 15.4. The predicted molar refractivity (Wildman–Crippen MR) is 101 cm³/mol. The molecule has 1 aliphatic heterocycles. The molecule has 1 saturated heterocycles. The van der Waals surface area contributed by atoms with Gasteiger partial charge in [0.15, 0.2) is 0 Å². The average Bonchev–Trinajstić information content (AvgIpc) is 2.68. The summed E-state index contributed by atoms with van der Waals surface area (Å²) in [7, 11) is 1.65. The van der Waals surface area contributed by atoms with Gasteiger partial charge in [0.2, 0.25) is 0 Å². The molecule has 0 radical (unpaired) electrons. The van der Waals surface area contributed by atoms with E-state index in [1.54, 1.807) is 25.3 Å². The molecule has 6 heteroatoms. The largest absolute Gasteiger partial charge is 0.384 e. The fourth-order valence-electron chi connectivity index (χ4n) is 3.52. The number of nitrogens with one attached hydrogen (secondary N) is 2. The second kappa shape index (κ2) is 8.59. The van der Waals surface area contributed by atoms with Crippen molar-refractivity contribution < 1.29 is 18.3 Å². The zero-order chi connectivity index (χ0) is 19.3. The van der Waals surface area contributed by atoms with Crippen molar-refractivity contribution in [2.24, 2.45) is 5.41 Å². The third-order valence-corrected chi connectivity index (χ3v) is 5.13. The fourth-order valence-corrected chi connectivity index (χ4v) is 3.52. The van der Waals surface area contributed by atoms with Gasteiger partial charge in [0.05, 0.1) is 12.2 Å². The fraction of sp³-hybridized carbons (Fsp3) is 0.381. The molecule has 1 amide bonds. The summed E-state index contributed by atoms with van der Waals surface area (Å²) >= 11 is 0. The average molecular weight is 374 g/mol. The Hall–Kier alpha value is -2.31. The highest BCUT2D eigenvalue weighted by Crippen LogP contribution is 2.28. The van der Waals surface area contributed by atoms with Crippen molar-refractivity contribution in [2.75, 3.05) is 33.4 Å². The molecule has 1 aliphatic rings. The van der Waals surface area contributed by atoms with Gasteiger partial charge in [-0.1, -0.05) is 18.2 Å². The number of methoxy groups -OCH3 is 1. The van der Waals surface area contributed by atoms with Crippen molar-refractivity contribution in [3.8, 4) is 11.1 Å². The molecule has 27 heavy (non-hydrogen) atoms. The maximum absolute atomic E-state index is 14.5. The SMILES string of the molecule is COCC1(CNC(=O)c2ccc(-c3ccc(F)cc3)cc2F)CCNCC1. The van der Waals surface area contributed by atoms with E-state index in [4.69, 9.17) is 4.74 Å². The number of carbonyl (C=O) groups is 1. The Labute approximate surface area is 157 Å². The number of rotatable bonds is 6. The van der Waals surface area contributed by atoms with Gasteiger partial charge in [-0.25, -0.2) is 8.78 Å². The van der Waals surface area contributed by atoms with Gasteiger partial charge in [0.25, 0.3) is 5.91 Å². The van der Waals surface area contributed by atoms with Crippen molar-refractivity contribution in [2.45, 2.75) is 12.8 Å². The summed E-state index contributed by atoms with van der Waals surface area (Å²) in [6.45, 7) is 2.75. The van der Waals surface area contributed by atoms with Gasteiger partial charge >= 0.3 is 0 Å². The van der Waals surface area contributed by atoms with E-state index < -0.39 is 11.7 Å². The van der Waals surface area contributed by atoms with E-state index >= 15 is 0 Å². The monoisotopic (exact) mass is 374 g/mol. The molecule has 0 aliphatic carbocycles. The first-order valence-electron chi connectivity index (χ1n) is 9.06. The second-order valence-corrected chi connectivity index (χ2v) is 7.07. The van der Waals surface area contributed by atoms with Crippen LogP contribution >= 0.6 is 0 Å². The summed E-state index contributed by atoms with van der Waals surface area (Å²) in [5.41, 5.74) is 1.16. The topological polar surface area (TPSA) is 50.4 Å². The van der Waals surface area contributed by atoms with Crippen molar-refractivity contribution in [3.63, 3.8) is 0 Å². The third kappa shape index (κ3) is 4.70. The van der Waals surface area contributed by atoms with E-state index in [2.05, 4.69) is 10.6 Å². The molecule has 0 saturated carbocycles. The molecular weight excluding hydrogens is 350 g/mol. The molecule has 2 N–H and O–H groups in total. The van der Waals surface area contributed by atoms with Crippen LogP contribution in [0.2, 0.25) is 0 Å². The van der Waals surface area contributed by atoms with Gasteiger partial charge in [-0.3, -0.25) is 4.79 Å². The Kier molecular flexibility index (Phi) is 6.19. The molecule has 3 rings (SSSR count). The van der Waals surface area contributed by atoms with E-state index in [1.165, 1.54) is 24.3 Å². The highest BCUT2D eigenvalue weighted by Gasteiger charge is 2.32. The van der Waals surface area contributed by atoms with Crippen LogP contribution in [0, 0.1) is 17.0 Å². The molecule has 0 spiro atoms. The Balaban J connectivity index is 1.70. The predicted octanol–water partition coefficient (Wildman–Crippen LogP) is 3.38. The van der Waals surface area contributed by atoms with Crippen LogP contribution in [-0.4, -0.2) is 39.3 Å². The minimum Gasteiger partial charge on any atom is -0.384 e. The highest BCUT2D eigenvalue weighted by molar-refractivity contribution is 5.95. The van der Waals surface area contributed by atoms with Gasteiger partial charge in [-0.15, -0.1) is 0 Å². The van der Waals surface area contributed by atoms with E-state index in [0.717, 1.165) is 25.9 Å². The first-order chi connectivity index (χ1) is 13.0. The smallest absolute Gasteiger partial charge is 0.254 e. The van der Waals surface area contributed by atoms with Gasteiger partial charge in [0.1, 0.15) is 11.6 Å². The highest BCUT2D eigenvalue weighted by atomic mass is 19.1. The molecule has 0 atom stereocenters. The van der Waals surface area contributed by atoms with E-state index in [0.29, 0.717) is 24.3 Å². The summed E-state index contributed by atoms with van der Waals surface area (Å²) in [4.78, 5) is 12.5. The lowest BCUT2D eigenvalue weighted by molar-refractivity contribution is 0.0511. The molecule has 0 unspecified atom stereocenters. The van der Waals surface area contributed by atoms with Crippen molar-refractivity contribution in [1.82, 2.24) is 10.6 Å². The summed E-state index contributed by atoms with van der Waals surface area (Å²) in [5, 5.41) is 6.17. The maximum Gasteiger partial charge on any atom is 0.254 e. The minimum absolute atomic E-state index is 0.00219. The molecule has 1 heterocycles. The quantitative estimate of drug-likeness (QED) is 0.815. The number of hydrogen-bond donors (Lipinski definition) is 2. The normalized spacial score (nSPS) is 16.1. The first-order valence-corrected chi connectivity index (χ1v) is 9.06. The second-order valence-electron chi connectivity index (χ2n) is 7.07. The lowest BCUT2D eigenvalue weighted by atomic mass is 9.79. The van der Waals surface area contributed by atoms with Crippen LogP contribution in [0.5, 0.6) is 0 Å². The molecule has 1 fully saturated rings. The van der Waals surface area contributed by atoms with Crippen molar-refractivity contribution in [1.29, 1.82) is 0 Å². The lowest BCUT2D eigenvalue weighted by Gasteiger charge is -2.37. The van der Waals surface area contributed by atoms with E-state index in [9.17, 15) is 13.6 Å². The number of ether oxygens (including phenoxy) is 1. The molecule has 0 aromatic heterocycles. The molecule has 2 aromatic rings. The zero-order valence-corrected chi connectivity index (χ0v) is 15.4. The standard InChI is InChI=1S/C21H24F2N2O2/c1-27-14-21(8-10-24-11-9-21)13-25-20(26)18-7-4-16(12-19(18)23)15-2-5-17(22)6-3-15/h2-7,12,24H,8-11,13-14H2,1H3,(H,25,26). The summed E-state index contributed by atoms with van der Waals surface area (Å²) in [5.74, 6) is -1.38. The van der Waals surface area contributed by atoms with Crippen LogP contribution in [0.1, 0.15) is 23.2 Å². The van der Waals surface area contributed by atoms with Crippen molar-refractivity contribution >= 4 is 5.91 Å². The summed E-state index contributed by atoms with van der Waals surface area (Å²) < 4.78 is 32.9. The molecule has 0 bridgehead atoms. The molecule has 144 valence electrons. The minimum atomic E-state index is -0.597. The van der Waals surface area contributed by atoms with Crippen LogP contribution < -0.4 is 10.6 Å². The third-order valence-electron chi connectivity index (χ3n) is 5.13. The Morgan fingerprint density at radius 1 is 1.11 bits per heavy atom. The van der Waals surface area contributed by atoms with Gasteiger partial charge in [0, 0.05) is 19.1 Å².